The van der Waals surface area contributed by atoms with Crippen LogP contribution in [-0.2, 0) is 11.3 Å². The monoisotopic (exact) mass is 416 g/mol. The Morgan fingerprint density at radius 1 is 1.34 bits per heavy atom. The predicted octanol–water partition coefficient (Wildman–Crippen LogP) is 2.02. The highest BCUT2D eigenvalue weighted by Crippen LogP contribution is 2.35. The molecule has 1 aromatic carbocycles. The zero-order chi connectivity index (χ0) is 20.4. The second kappa shape index (κ2) is 8.11. The van der Waals surface area contributed by atoms with Crippen molar-refractivity contribution in [2.75, 3.05) is 17.9 Å². The van der Waals surface area contributed by atoms with Gasteiger partial charge in [0.1, 0.15) is 6.33 Å². The topological polar surface area (TPSA) is 124 Å². The van der Waals surface area contributed by atoms with Crippen molar-refractivity contribution < 1.29 is 14.3 Å². The summed E-state index contributed by atoms with van der Waals surface area (Å²) in [6, 6.07) is 3.37. The Balaban J connectivity index is 1.64. The molecule has 152 valence electrons. The first kappa shape index (κ1) is 19.2. The maximum atomic E-state index is 13.2. The summed E-state index contributed by atoms with van der Waals surface area (Å²) in [6.45, 7) is 4.82. The van der Waals surface area contributed by atoms with Crippen molar-refractivity contribution >= 4 is 34.5 Å². The van der Waals surface area contributed by atoms with Gasteiger partial charge < -0.3 is 9.47 Å². The van der Waals surface area contributed by atoms with Crippen molar-refractivity contribution in [2.45, 2.75) is 32.0 Å². The van der Waals surface area contributed by atoms with Crippen LogP contribution in [0.1, 0.15) is 20.3 Å². The van der Waals surface area contributed by atoms with Gasteiger partial charge in [0.15, 0.2) is 16.7 Å². The third kappa shape index (κ3) is 4.19. The fourth-order valence-electron chi connectivity index (χ4n) is 2.85. The molecule has 0 unspecified atom stereocenters. The van der Waals surface area contributed by atoms with Gasteiger partial charge in [0, 0.05) is 12.6 Å². The molecule has 1 aliphatic heterocycles. The minimum atomic E-state index is -0.276. The number of carbonyl (C=O) groups excluding carboxylic acids is 1. The van der Waals surface area contributed by atoms with E-state index >= 15 is 0 Å². The Bertz CT molecular complexity index is 1100. The number of H-pyrrole nitrogens is 1. The number of aromatic nitrogens is 5. The highest BCUT2D eigenvalue weighted by atomic mass is 32.2. The van der Waals surface area contributed by atoms with Crippen LogP contribution in [0.3, 0.4) is 0 Å². The van der Waals surface area contributed by atoms with Gasteiger partial charge >= 0.3 is 0 Å². The minimum Gasteiger partial charge on any atom is -0.454 e. The molecular weight excluding hydrogens is 396 g/mol. The Labute approximate surface area is 170 Å². The van der Waals surface area contributed by atoms with Crippen molar-refractivity contribution in [3.8, 4) is 11.5 Å². The smallest absolute Gasteiger partial charge is 0.262 e. The number of hydrogen-bond donors (Lipinski definition) is 2. The third-order valence-electron chi connectivity index (χ3n) is 4.35. The van der Waals surface area contributed by atoms with Gasteiger partial charge in [0.25, 0.3) is 5.56 Å². The van der Waals surface area contributed by atoms with Gasteiger partial charge in [-0.3, -0.25) is 19.5 Å². The summed E-state index contributed by atoms with van der Waals surface area (Å²) >= 11 is 1.20. The standard InChI is InChI=1S/C18H20N6O4S/c1-10(2)3-4-24-16(26)11-5-13-14(28-9-27-13)6-12(11)21-18(24)29-7-15(25)22-17-19-8-20-23-17/h5-6,8,10H,3-4,7,9H2,1-2H3,(H2,19,20,22,23,25). The fourth-order valence-corrected chi connectivity index (χ4v) is 3.67. The van der Waals surface area contributed by atoms with Crippen LogP contribution in [0.25, 0.3) is 10.9 Å². The molecule has 4 rings (SSSR count). The molecular formula is C18H20N6O4S. The minimum absolute atomic E-state index is 0.0743. The fraction of sp³-hybridized carbons (Fsp3) is 0.389. The van der Waals surface area contributed by atoms with E-state index in [0.29, 0.717) is 40.0 Å². The van der Waals surface area contributed by atoms with Crippen LogP contribution in [0.5, 0.6) is 11.5 Å². The summed E-state index contributed by atoms with van der Waals surface area (Å²) in [5, 5.41) is 9.81. The van der Waals surface area contributed by atoms with Crippen LogP contribution in [0.15, 0.2) is 28.4 Å². The van der Waals surface area contributed by atoms with E-state index in [4.69, 9.17) is 9.47 Å². The van der Waals surface area contributed by atoms with E-state index in [2.05, 4.69) is 39.3 Å². The molecule has 3 heterocycles. The lowest BCUT2D eigenvalue weighted by Gasteiger charge is -2.14. The summed E-state index contributed by atoms with van der Waals surface area (Å²) < 4.78 is 12.4. The van der Waals surface area contributed by atoms with E-state index in [9.17, 15) is 9.59 Å². The quantitative estimate of drug-likeness (QED) is 0.443. The molecule has 0 atom stereocenters. The molecule has 0 bridgehead atoms. The van der Waals surface area contributed by atoms with Gasteiger partial charge in [0.2, 0.25) is 18.6 Å². The Morgan fingerprint density at radius 3 is 2.86 bits per heavy atom. The SMILES string of the molecule is CC(C)CCn1c(SCC(=O)Nc2ncn[nH]2)nc2cc3c(cc2c1=O)OCO3. The van der Waals surface area contributed by atoms with Crippen LogP contribution < -0.4 is 20.3 Å². The van der Waals surface area contributed by atoms with Crippen molar-refractivity contribution in [1.82, 2.24) is 24.7 Å². The molecule has 1 amide bonds. The normalized spacial score (nSPS) is 12.7. The first-order valence-corrected chi connectivity index (χ1v) is 10.1. The molecule has 0 saturated heterocycles. The number of carbonyl (C=O) groups is 1. The van der Waals surface area contributed by atoms with Crippen molar-refractivity contribution in [2.24, 2.45) is 5.92 Å². The summed E-state index contributed by atoms with van der Waals surface area (Å²) in [4.78, 5) is 33.8. The molecule has 0 saturated carbocycles. The van der Waals surface area contributed by atoms with Crippen LogP contribution >= 0.6 is 11.8 Å². The van der Waals surface area contributed by atoms with Gasteiger partial charge in [0.05, 0.1) is 16.7 Å². The number of anilines is 1. The van der Waals surface area contributed by atoms with Crippen LogP contribution in [-0.4, -0.2) is 43.2 Å². The van der Waals surface area contributed by atoms with Gasteiger partial charge in [-0.1, -0.05) is 25.6 Å². The number of ether oxygens (including phenoxy) is 2. The molecule has 0 spiro atoms. The molecule has 2 aromatic heterocycles. The van der Waals surface area contributed by atoms with Gasteiger partial charge in [-0.25, -0.2) is 10.1 Å². The summed E-state index contributed by atoms with van der Waals surface area (Å²) in [5.74, 6) is 1.59. The molecule has 29 heavy (non-hydrogen) atoms. The Kier molecular flexibility index (Phi) is 5.38. The Morgan fingerprint density at radius 2 is 2.14 bits per heavy atom. The van der Waals surface area contributed by atoms with Gasteiger partial charge in [-0.05, 0) is 18.4 Å². The lowest BCUT2D eigenvalue weighted by atomic mass is 10.1. The number of rotatable bonds is 7. The third-order valence-corrected chi connectivity index (χ3v) is 5.33. The first-order chi connectivity index (χ1) is 14.0. The largest absolute Gasteiger partial charge is 0.454 e. The van der Waals surface area contributed by atoms with Crippen LogP contribution in [0.2, 0.25) is 0 Å². The van der Waals surface area contributed by atoms with Crippen molar-refractivity contribution in [3.63, 3.8) is 0 Å². The van der Waals surface area contributed by atoms with Crippen molar-refractivity contribution in [3.05, 3.63) is 28.8 Å². The number of nitrogens with one attached hydrogen (secondary N) is 2. The maximum Gasteiger partial charge on any atom is 0.262 e. The number of thioether (sulfide) groups is 1. The van der Waals surface area contributed by atoms with E-state index in [1.807, 2.05) is 0 Å². The highest BCUT2D eigenvalue weighted by molar-refractivity contribution is 7.99. The average Bonchev–Trinajstić information content (AvgIpc) is 3.35. The lowest BCUT2D eigenvalue weighted by Crippen LogP contribution is -2.25. The Hall–Kier alpha value is -3.08. The first-order valence-electron chi connectivity index (χ1n) is 9.13. The number of hydrogen-bond acceptors (Lipinski definition) is 8. The predicted molar refractivity (Wildman–Crippen MR) is 107 cm³/mol. The molecule has 11 heteroatoms. The van der Waals surface area contributed by atoms with Gasteiger partial charge in [-0.2, -0.15) is 10.1 Å². The summed E-state index contributed by atoms with van der Waals surface area (Å²) in [5.41, 5.74) is 0.352. The van der Waals surface area contributed by atoms with E-state index in [1.165, 1.54) is 18.1 Å². The second-order valence-corrected chi connectivity index (χ2v) is 7.87. The number of fused-ring (bicyclic) bond motifs is 2. The second-order valence-electron chi connectivity index (χ2n) is 6.93. The molecule has 2 N–H and O–H groups in total. The number of nitrogens with zero attached hydrogens (tertiary/aromatic N) is 4. The highest BCUT2D eigenvalue weighted by Gasteiger charge is 2.20. The summed E-state index contributed by atoms with van der Waals surface area (Å²) in [7, 11) is 0. The molecule has 1 aliphatic rings. The van der Waals surface area contributed by atoms with E-state index < -0.39 is 0 Å². The van der Waals surface area contributed by atoms with E-state index in [1.54, 1.807) is 16.7 Å². The lowest BCUT2D eigenvalue weighted by molar-refractivity contribution is -0.113. The molecule has 0 radical (unpaired) electrons. The maximum absolute atomic E-state index is 13.2. The van der Waals surface area contributed by atoms with Crippen LogP contribution in [0.4, 0.5) is 5.95 Å². The molecule has 0 fully saturated rings. The number of benzene rings is 1. The van der Waals surface area contributed by atoms with E-state index in [0.717, 1.165) is 6.42 Å². The molecule has 0 aliphatic carbocycles. The van der Waals surface area contributed by atoms with E-state index in [-0.39, 0.29) is 30.0 Å². The van der Waals surface area contributed by atoms with Gasteiger partial charge in [-0.15, -0.1) is 0 Å². The number of amides is 1. The molecule has 3 aromatic rings. The zero-order valence-electron chi connectivity index (χ0n) is 16.0. The zero-order valence-corrected chi connectivity index (χ0v) is 16.8. The van der Waals surface area contributed by atoms with Crippen LogP contribution in [0, 0.1) is 5.92 Å². The number of aromatic amines is 1. The molecule has 10 nitrogen and oxygen atoms in total. The average molecular weight is 416 g/mol. The summed E-state index contributed by atoms with van der Waals surface area (Å²) in [6.07, 6.45) is 2.12. The van der Waals surface area contributed by atoms with Crippen molar-refractivity contribution in [1.29, 1.82) is 0 Å².